The number of aryl methyl sites for hydroxylation is 2. The van der Waals surface area contributed by atoms with Gasteiger partial charge in [-0.15, -0.1) is 0 Å². The molecule has 1 amide bonds. The zero-order chi connectivity index (χ0) is 19.3. The van der Waals surface area contributed by atoms with Crippen LogP contribution in [0, 0.1) is 25.7 Å². The molecule has 5 heterocycles. The van der Waals surface area contributed by atoms with Crippen LogP contribution in [0.1, 0.15) is 40.3 Å². The summed E-state index contributed by atoms with van der Waals surface area (Å²) in [6.45, 7) is 7.33. The number of likely N-dealkylation sites (tertiary alicyclic amines) is 1. The first-order chi connectivity index (χ1) is 13.5. The van der Waals surface area contributed by atoms with E-state index in [4.69, 9.17) is 9.15 Å². The van der Waals surface area contributed by atoms with Crippen molar-refractivity contribution in [3.05, 3.63) is 53.2 Å². The fourth-order valence-corrected chi connectivity index (χ4v) is 5.59. The van der Waals surface area contributed by atoms with Gasteiger partial charge in [0.05, 0.1) is 17.3 Å². The Morgan fingerprint density at radius 2 is 2.18 bits per heavy atom. The van der Waals surface area contributed by atoms with Gasteiger partial charge in [-0.1, -0.05) is 0 Å². The van der Waals surface area contributed by atoms with E-state index >= 15 is 0 Å². The highest BCUT2D eigenvalue weighted by Gasteiger charge is 2.62. The van der Waals surface area contributed by atoms with Crippen LogP contribution in [0.3, 0.4) is 0 Å². The van der Waals surface area contributed by atoms with Crippen LogP contribution in [0.4, 0.5) is 0 Å². The largest absolute Gasteiger partial charge is 0.466 e. The minimum Gasteiger partial charge on any atom is -0.466 e. The van der Waals surface area contributed by atoms with Gasteiger partial charge in [0.2, 0.25) is 0 Å². The van der Waals surface area contributed by atoms with Gasteiger partial charge in [-0.25, -0.2) is 0 Å². The quantitative estimate of drug-likeness (QED) is 0.863. The summed E-state index contributed by atoms with van der Waals surface area (Å²) in [5.74, 6) is 2.28. The molecule has 4 atom stereocenters. The maximum absolute atomic E-state index is 12.6. The van der Waals surface area contributed by atoms with Crippen molar-refractivity contribution in [3.8, 4) is 0 Å². The molecule has 148 valence electrons. The molecule has 1 spiro atoms. The Kier molecular flexibility index (Phi) is 4.29. The summed E-state index contributed by atoms with van der Waals surface area (Å²) in [6.07, 6.45) is 6.22. The van der Waals surface area contributed by atoms with E-state index in [0.29, 0.717) is 29.7 Å². The van der Waals surface area contributed by atoms with Gasteiger partial charge in [0.15, 0.2) is 0 Å². The number of ether oxygens (including phenoxy) is 1. The summed E-state index contributed by atoms with van der Waals surface area (Å²) in [5, 5.41) is 3.15. The van der Waals surface area contributed by atoms with E-state index in [1.54, 1.807) is 0 Å². The van der Waals surface area contributed by atoms with Gasteiger partial charge in [-0.05, 0) is 50.5 Å². The molecule has 3 fully saturated rings. The summed E-state index contributed by atoms with van der Waals surface area (Å²) in [7, 11) is 0. The lowest BCUT2D eigenvalue weighted by Gasteiger charge is -2.29. The third kappa shape index (κ3) is 2.95. The second-order valence-electron chi connectivity index (χ2n) is 8.59. The van der Waals surface area contributed by atoms with Crippen molar-refractivity contribution in [1.29, 1.82) is 0 Å². The number of hydrogen-bond donors (Lipinski definition) is 1. The highest BCUT2D eigenvalue weighted by Crippen LogP contribution is 2.54. The average molecular weight is 381 g/mol. The van der Waals surface area contributed by atoms with E-state index in [9.17, 15) is 4.79 Å². The molecule has 2 bridgehead atoms. The lowest BCUT2D eigenvalue weighted by atomic mass is 9.73. The number of aromatic nitrogens is 1. The highest BCUT2D eigenvalue weighted by molar-refractivity contribution is 5.95. The summed E-state index contributed by atoms with van der Waals surface area (Å²) in [4.78, 5) is 19.2. The third-order valence-electron chi connectivity index (χ3n) is 6.79. The molecule has 2 aromatic rings. The van der Waals surface area contributed by atoms with Gasteiger partial charge in [0.25, 0.3) is 5.91 Å². The van der Waals surface area contributed by atoms with Crippen LogP contribution in [0.25, 0.3) is 0 Å². The Morgan fingerprint density at radius 1 is 1.36 bits per heavy atom. The molecule has 1 N–H and O–H groups in total. The van der Waals surface area contributed by atoms with Gasteiger partial charge in [-0.2, -0.15) is 0 Å². The molecule has 0 aromatic carbocycles. The van der Waals surface area contributed by atoms with Crippen LogP contribution < -0.4 is 5.32 Å². The van der Waals surface area contributed by atoms with Gasteiger partial charge < -0.3 is 14.5 Å². The standard InChI is InChI=1S/C22H27N3O3/c1-14-9-17(15(2)27-14)21(26)24-10-18-19-12-25(11-16-4-7-23-8-5-16)13-22(19)6-3-20(18)28-22/h4-5,7-9,18-20H,3,6,10-13H2,1-2H3,(H,24,26)/t18-,19+,20+,22+/m0/s1. The van der Waals surface area contributed by atoms with Crippen LogP contribution in [0.5, 0.6) is 0 Å². The molecular weight excluding hydrogens is 354 g/mol. The topological polar surface area (TPSA) is 67.6 Å². The van der Waals surface area contributed by atoms with E-state index in [0.717, 1.165) is 38.2 Å². The first-order valence-corrected chi connectivity index (χ1v) is 10.2. The predicted molar refractivity (Wildman–Crippen MR) is 104 cm³/mol. The number of carbonyl (C=O) groups excluding carboxylic acids is 1. The Balaban J connectivity index is 1.25. The Morgan fingerprint density at radius 3 is 2.93 bits per heavy atom. The van der Waals surface area contributed by atoms with E-state index in [-0.39, 0.29) is 17.6 Å². The fraction of sp³-hybridized carbons (Fsp3) is 0.545. The number of hydrogen-bond acceptors (Lipinski definition) is 5. The summed E-state index contributed by atoms with van der Waals surface area (Å²) in [6, 6.07) is 5.98. The summed E-state index contributed by atoms with van der Waals surface area (Å²) >= 11 is 0. The molecule has 3 aliphatic rings. The second kappa shape index (κ2) is 6.71. The molecule has 2 aromatic heterocycles. The molecule has 3 saturated heterocycles. The van der Waals surface area contributed by atoms with Crippen LogP contribution in [0.2, 0.25) is 0 Å². The minimum atomic E-state index is -0.0437. The summed E-state index contributed by atoms with van der Waals surface area (Å²) in [5.41, 5.74) is 1.91. The molecule has 6 heteroatoms. The fourth-order valence-electron chi connectivity index (χ4n) is 5.59. The molecule has 5 rings (SSSR count). The van der Waals surface area contributed by atoms with Crippen molar-refractivity contribution in [2.45, 2.75) is 44.9 Å². The average Bonchev–Trinajstić information content (AvgIpc) is 3.40. The predicted octanol–water partition coefficient (Wildman–Crippen LogP) is 2.70. The Labute approximate surface area is 165 Å². The molecule has 28 heavy (non-hydrogen) atoms. The molecular formula is C22H27N3O3. The van der Waals surface area contributed by atoms with Gasteiger partial charge in [-0.3, -0.25) is 14.7 Å². The van der Waals surface area contributed by atoms with Crippen LogP contribution in [0.15, 0.2) is 35.0 Å². The van der Waals surface area contributed by atoms with E-state index in [1.165, 1.54) is 5.56 Å². The SMILES string of the molecule is Cc1cc(C(=O)NC[C@H]2[C@H]3CN(Cc4ccncc4)C[C@]34CC[C@H]2O4)c(C)o1. The number of nitrogens with zero attached hydrogens (tertiary/aromatic N) is 2. The zero-order valence-electron chi connectivity index (χ0n) is 16.5. The highest BCUT2D eigenvalue weighted by atomic mass is 16.5. The third-order valence-corrected chi connectivity index (χ3v) is 6.79. The first-order valence-electron chi connectivity index (χ1n) is 10.2. The number of amides is 1. The van der Waals surface area contributed by atoms with Crippen molar-refractivity contribution in [2.75, 3.05) is 19.6 Å². The molecule has 0 aliphatic carbocycles. The van der Waals surface area contributed by atoms with Crippen molar-refractivity contribution in [3.63, 3.8) is 0 Å². The number of carbonyl (C=O) groups is 1. The van der Waals surface area contributed by atoms with Crippen LogP contribution in [-0.4, -0.2) is 47.1 Å². The van der Waals surface area contributed by atoms with E-state index in [1.807, 2.05) is 32.3 Å². The van der Waals surface area contributed by atoms with Crippen molar-refractivity contribution in [2.24, 2.45) is 11.8 Å². The van der Waals surface area contributed by atoms with Crippen LogP contribution in [-0.2, 0) is 11.3 Å². The first kappa shape index (κ1) is 17.9. The second-order valence-corrected chi connectivity index (χ2v) is 8.59. The van der Waals surface area contributed by atoms with Crippen LogP contribution >= 0.6 is 0 Å². The van der Waals surface area contributed by atoms with Gasteiger partial charge in [0, 0.05) is 50.4 Å². The molecule has 3 aliphatic heterocycles. The van der Waals surface area contributed by atoms with Gasteiger partial charge >= 0.3 is 0 Å². The minimum absolute atomic E-state index is 0.0186. The molecule has 6 nitrogen and oxygen atoms in total. The van der Waals surface area contributed by atoms with Crippen molar-refractivity contribution < 1.29 is 13.9 Å². The van der Waals surface area contributed by atoms with Crippen molar-refractivity contribution >= 4 is 5.91 Å². The van der Waals surface area contributed by atoms with Crippen molar-refractivity contribution in [1.82, 2.24) is 15.2 Å². The molecule has 0 saturated carbocycles. The Hall–Kier alpha value is -2.18. The number of pyridine rings is 1. The summed E-state index contributed by atoms with van der Waals surface area (Å²) < 4.78 is 12.0. The monoisotopic (exact) mass is 381 g/mol. The number of fused-ring (bicyclic) bond motifs is 1. The Bertz CT molecular complexity index is 880. The van der Waals surface area contributed by atoms with E-state index in [2.05, 4.69) is 27.3 Å². The van der Waals surface area contributed by atoms with Gasteiger partial charge in [0.1, 0.15) is 11.5 Å². The number of furan rings is 1. The number of nitrogens with one attached hydrogen (secondary N) is 1. The molecule has 0 radical (unpaired) electrons. The normalized spacial score (nSPS) is 31.3. The maximum atomic E-state index is 12.6. The smallest absolute Gasteiger partial charge is 0.254 e. The number of rotatable bonds is 5. The van der Waals surface area contributed by atoms with E-state index < -0.39 is 0 Å². The molecule has 0 unspecified atom stereocenters. The zero-order valence-corrected chi connectivity index (χ0v) is 16.5. The lowest BCUT2D eigenvalue weighted by molar-refractivity contribution is 0.00212. The lowest BCUT2D eigenvalue weighted by Crippen LogP contribution is -2.41. The maximum Gasteiger partial charge on any atom is 0.254 e.